The lowest BCUT2D eigenvalue weighted by atomic mass is 9.92. The molecule has 1 fully saturated rings. The first-order valence-corrected chi connectivity index (χ1v) is 6.24. The second kappa shape index (κ2) is 3.55. The van der Waals surface area contributed by atoms with E-state index >= 15 is 0 Å². The van der Waals surface area contributed by atoms with Gasteiger partial charge in [-0.1, -0.05) is 13.3 Å². The fourth-order valence-electron chi connectivity index (χ4n) is 1.61. The van der Waals surface area contributed by atoms with Crippen LogP contribution < -0.4 is 0 Å². The Morgan fingerprint density at radius 1 is 1.38 bits per heavy atom. The molecule has 0 unspecified atom stereocenters. The molecular weight excluding hydrogens is 190 g/mol. The lowest BCUT2D eigenvalue weighted by molar-refractivity contribution is -0.0652. The smallest absolute Gasteiger partial charge is 0.214 e. The summed E-state index contributed by atoms with van der Waals surface area (Å²) in [5, 5.41) is 9.73. The Morgan fingerprint density at radius 2 is 1.92 bits per heavy atom. The van der Waals surface area contributed by atoms with Gasteiger partial charge in [-0.2, -0.15) is 4.31 Å². The summed E-state index contributed by atoms with van der Waals surface area (Å²) in [4.78, 5) is 0. The van der Waals surface area contributed by atoms with Gasteiger partial charge < -0.3 is 5.11 Å². The van der Waals surface area contributed by atoms with Gasteiger partial charge in [0, 0.05) is 13.1 Å². The van der Waals surface area contributed by atoms with E-state index in [0.29, 0.717) is 6.42 Å². The molecule has 0 aromatic carbocycles. The Balaban J connectivity index is 2.50. The minimum absolute atomic E-state index is 0.120. The quantitative estimate of drug-likeness (QED) is 0.715. The van der Waals surface area contributed by atoms with E-state index in [-0.39, 0.29) is 18.8 Å². The predicted octanol–water partition coefficient (Wildman–Crippen LogP) is 0.183. The fourth-order valence-corrected chi connectivity index (χ4v) is 2.85. The summed E-state index contributed by atoms with van der Waals surface area (Å²) in [7, 11) is -3.08. The van der Waals surface area contributed by atoms with Crippen LogP contribution in [0.4, 0.5) is 0 Å². The van der Waals surface area contributed by atoms with Gasteiger partial charge in [-0.25, -0.2) is 8.42 Å². The summed E-state index contributed by atoms with van der Waals surface area (Å²) in [5.74, 6) is 0.120. The van der Waals surface area contributed by atoms with Crippen molar-refractivity contribution < 1.29 is 13.5 Å². The van der Waals surface area contributed by atoms with Crippen molar-refractivity contribution in [1.82, 2.24) is 4.31 Å². The molecule has 0 aromatic rings. The third kappa shape index (κ3) is 2.21. The summed E-state index contributed by atoms with van der Waals surface area (Å²) in [5.41, 5.74) is -0.753. The van der Waals surface area contributed by atoms with Crippen molar-refractivity contribution in [2.24, 2.45) is 0 Å². The summed E-state index contributed by atoms with van der Waals surface area (Å²) in [6, 6.07) is 0. The molecule has 0 bridgehead atoms. The average molecular weight is 207 g/mol. The van der Waals surface area contributed by atoms with E-state index in [1.807, 2.05) is 6.92 Å². The number of β-amino-alcohol motifs (C(OH)–C–C–N with tert-alkyl or cyclic N) is 1. The monoisotopic (exact) mass is 207 g/mol. The van der Waals surface area contributed by atoms with E-state index < -0.39 is 15.6 Å². The van der Waals surface area contributed by atoms with Crippen LogP contribution in [0.5, 0.6) is 0 Å². The Kier molecular flexibility index (Phi) is 2.99. The molecule has 1 aliphatic heterocycles. The first kappa shape index (κ1) is 10.9. The van der Waals surface area contributed by atoms with Gasteiger partial charge in [0.25, 0.3) is 0 Å². The molecule has 4 nitrogen and oxygen atoms in total. The zero-order valence-electron chi connectivity index (χ0n) is 8.15. The van der Waals surface area contributed by atoms with Crippen LogP contribution in [0.25, 0.3) is 0 Å². The highest BCUT2D eigenvalue weighted by Gasteiger charge is 2.45. The Hall–Kier alpha value is -0.130. The number of nitrogens with zero attached hydrogens (tertiary/aromatic N) is 1. The molecule has 1 rings (SSSR count). The molecule has 0 aliphatic carbocycles. The first-order chi connectivity index (χ1) is 5.93. The van der Waals surface area contributed by atoms with Crippen LogP contribution in [0, 0.1) is 0 Å². The largest absolute Gasteiger partial charge is 0.387 e. The third-order valence-electron chi connectivity index (χ3n) is 2.41. The fraction of sp³-hybridized carbons (Fsp3) is 1.00. The molecule has 1 N–H and O–H groups in total. The van der Waals surface area contributed by atoms with Crippen LogP contribution in [-0.4, -0.2) is 42.3 Å². The molecule has 0 atom stereocenters. The van der Waals surface area contributed by atoms with Gasteiger partial charge in [0.05, 0.1) is 11.4 Å². The van der Waals surface area contributed by atoms with Crippen molar-refractivity contribution in [2.75, 3.05) is 18.8 Å². The van der Waals surface area contributed by atoms with Crippen LogP contribution in [0.1, 0.15) is 26.7 Å². The molecule has 0 aromatic heterocycles. The Bertz CT molecular complexity index is 267. The maximum Gasteiger partial charge on any atom is 0.214 e. The Labute approximate surface area is 79.6 Å². The molecule has 1 aliphatic rings. The van der Waals surface area contributed by atoms with E-state index in [9.17, 15) is 13.5 Å². The highest BCUT2D eigenvalue weighted by molar-refractivity contribution is 7.89. The van der Waals surface area contributed by atoms with E-state index in [0.717, 1.165) is 6.42 Å². The lowest BCUT2D eigenvalue weighted by Gasteiger charge is -2.45. The van der Waals surface area contributed by atoms with Crippen LogP contribution in [0.15, 0.2) is 0 Å². The summed E-state index contributed by atoms with van der Waals surface area (Å²) in [6.45, 7) is 4.15. The highest BCUT2D eigenvalue weighted by atomic mass is 32.2. The molecule has 1 saturated heterocycles. The number of sulfonamides is 1. The summed E-state index contributed by atoms with van der Waals surface area (Å²) in [6.07, 6.45) is 1.57. The van der Waals surface area contributed by atoms with E-state index in [2.05, 4.69) is 0 Å². The SMILES string of the molecule is CCCC1(O)CN(S(=O)(=O)CC)C1. The van der Waals surface area contributed by atoms with Gasteiger partial charge in [-0.3, -0.25) is 0 Å². The number of hydrogen-bond acceptors (Lipinski definition) is 3. The zero-order valence-corrected chi connectivity index (χ0v) is 8.97. The van der Waals surface area contributed by atoms with Gasteiger partial charge in [0.2, 0.25) is 10.0 Å². The van der Waals surface area contributed by atoms with Gasteiger partial charge in [-0.15, -0.1) is 0 Å². The molecule has 0 saturated carbocycles. The summed E-state index contributed by atoms with van der Waals surface area (Å²) < 4.78 is 23.9. The van der Waals surface area contributed by atoms with Gasteiger partial charge in [0.1, 0.15) is 0 Å². The third-order valence-corrected chi connectivity index (χ3v) is 4.19. The first-order valence-electron chi connectivity index (χ1n) is 4.64. The number of rotatable bonds is 4. The van der Waals surface area contributed by atoms with Crippen LogP contribution in [0.2, 0.25) is 0 Å². The van der Waals surface area contributed by atoms with Crippen molar-refractivity contribution in [3.8, 4) is 0 Å². The minimum atomic E-state index is -3.08. The molecule has 13 heavy (non-hydrogen) atoms. The maximum absolute atomic E-state index is 11.3. The van der Waals surface area contributed by atoms with Crippen LogP contribution in [-0.2, 0) is 10.0 Å². The number of hydrogen-bond donors (Lipinski definition) is 1. The molecule has 0 radical (unpaired) electrons. The van der Waals surface area contributed by atoms with Crippen molar-refractivity contribution in [3.05, 3.63) is 0 Å². The second-order valence-corrected chi connectivity index (χ2v) is 5.90. The molecule has 78 valence electrons. The molecule has 0 amide bonds. The predicted molar refractivity (Wildman–Crippen MR) is 50.9 cm³/mol. The lowest BCUT2D eigenvalue weighted by Crippen LogP contribution is -2.63. The minimum Gasteiger partial charge on any atom is -0.387 e. The second-order valence-electron chi connectivity index (χ2n) is 3.64. The van der Waals surface area contributed by atoms with Gasteiger partial charge in [-0.05, 0) is 13.3 Å². The van der Waals surface area contributed by atoms with Gasteiger partial charge >= 0.3 is 0 Å². The maximum atomic E-state index is 11.3. The average Bonchev–Trinajstić information content (AvgIpc) is 2.00. The van der Waals surface area contributed by atoms with E-state index in [4.69, 9.17) is 0 Å². The molecule has 5 heteroatoms. The van der Waals surface area contributed by atoms with Crippen molar-refractivity contribution in [3.63, 3.8) is 0 Å². The van der Waals surface area contributed by atoms with E-state index in [1.54, 1.807) is 6.92 Å². The van der Waals surface area contributed by atoms with Gasteiger partial charge in [0.15, 0.2) is 0 Å². The van der Waals surface area contributed by atoms with Crippen molar-refractivity contribution >= 4 is 10.0 Å². The topological polar surface area (TPSA) is 57.6 Å². The van der Waals surface area contributed by atoms with E-state index in [1.165, 1.54) is 4.31 Å². The molecule has 1 heterocycles. The van der Waals surface area contributed by atoms with Crippen LogP contribution in [0.3, 0.4) is 0 Å². The highest BCUT2D eigenvalue weighted by Crippen LogP contribution is 2.28. The number of aliphatic hydroxyl groups is 1. The van der Waals surface area contributed by atoms with Crippen LogP contribution >= 0.6 is 0 Å². The van der Waals surface area contributed by atoms with Crippen molar-refractivity contribution in [1.29, 1.82) is 0 Å². The summed E-state index contributed by atoms with van der Waals surface area (Å²) >= 11 is 0. The molecule has 0 spiro atoms. The molecular formula is C8H17NO3S. The standard InChI is InChI=1S/C8H17NO3S/c1-3-5-8(10)6-9(7-8)13(11,12)4-2/h10H,3-7H2,1-2H3. The zero-order chi connectivity index (χ0) is 10.1. The van der Waals surface area contributed by atoms with Crippen molar-refractivity contribution in [2.45, 2.75) is 32.3 Å². The Morgan fingerprint density at radius 3 is 2.31 bits per heavy atom. The normalized spacial score (nSPS) is 22.7.